The Labute approximate surface area is 118 Å². The molecule has 1 unspecified atom stereocenters. The van der Waals surface area contributed by atoms with Gasteiger partial charge in [-0.3, -0.25) is 9.69 Å². The highest BCUT2D eigenvalue weighted by Gasteiger charge is 2.31. The molecule has 6 nitrogen and oxygen atoms in total. The zero-order chi connectivity index (χ0) is 13.9. The van der Waals surface area contributed by atoms with Crippen molar-refractivity contribution in [3.8, 4) is 0 Å². The minimum Gasteiger partial charge on any atom is -0.367 e. The molecular weight excluding hydrogens is 258 g/mol. The smallest absolute Gasteiger partial charge is 0.234 e. The normalized spacial score (nSPS) is 23.9. The predicted molar refractivity (Wildman–Crippen MR) is 71.2 cm³/mol. The molecule has 0 spiro atoms. The molecule has 2 fully saturated rings. The zero-order valence-corrected chi connectivity index (χ0v) is 11.9. The fourth-order valence-electron chi connectivity index (χ4n) is 2.55. The number of aromatic nitrogens is 2. The lowest BCUT2D eigenvalue weighted by atomic mass is 10.2. The molecular formula is C14H21N3O3. The number of ketones is 1. The van der Waals surface area contributed by atoms with E-state index in [0.717, 1.165) is 38.9 Å². The van der Waals surface area contributed by atoms with E-state index in [-0.39, 0.29) is 24.2 Å². The lowest BCUT2D eigenvalue weighted by molar-refractivity contribution is -0.119. The Hall–Kier alpha value is -1.27. The van der Waals surface area contributed by atoms with Gasteiger partial charge in [0.2, 0.25) is 11.7 Å². The first kappa shape index (κ1) is 13.7. The summed E-state index contributed by atoms with van der Waals surface area (Å²) in [6, 6.07) is 0. The van der Waals surface area contributed by atoms with Crippen LogP contribution in [0.1, 0.15) is 44.0 Å². The van der Waals surface area contributed by atoms with Gasteiger partial charge in [-0.05, 0) is 25.8 Å². The van der Waals surface area contributed by atoms with Gasteiger partial charge in [0.25, 0.3) is 0 Å². The fraction of sp³-hybridized carbons (Fsp3) is 0.786. The highest BCUT2D eigenvalue weighted by atomic mass is 16.5. The van der Waals surface area contributed by atoms with Crippen LogP contribution in [0.4, 0.5) is 0 Å². The van der Waals surface area contributed by atoms with Crippen molar-refractivity contribution >= 4 is 5.78 Å². The topological polar surface area (TPSA) is 68.5 Å². The van der Waals surface area contributed by atoms with E-state index in [1.165, 1.54) is 0 Å². The van der Waals surface area contributed by atoms with Crippen LogP contribution in [0.25, 0.3) is 0 Å². The second-order valence-corrected chi connectivity index (χ2v) is 5.62. The molecule has 1 saturated heterocycles. The monoisotopic (exact) mass is 279 g/mol. The third-order valence-corrected chi connectivity index (χ3v) is 3.82. The summed E-state index contributed by atoms with van der Waals surface area (Å²) < 4.78 is 10.9. The van der Waals surface area contributed by atoms with Crippen molar-refractivity contribution in [2.45, 2.75) is 38.7 Å². The van der Waals surface area contributed by atoms with E-state index in [1.54, 1.807) is 0 Å². The van der Waals surface area contributed by atoms with Crippen molar-refractivity contribution in [2.24, 2.45) is 5.92 Å². The van der Waals surface area contributed by atoms with E-state index in [1.807, 2.05) is 0 Å². The van der Waals surface area contributed by atoms with Gasteiger partial charge in [0, 0.05) is 19.0 Å². The molecule has 0 aromatic carbocycles. The highest BCUT2D eigenvalue weighted by molar-refractivity contribution is 5.84. The molecule has 6 heteroatoms. The Morgan fingerprint density at radius 1 is 1.45 bits per heavy atom. The first-order valence-corrected chi connectivity index (χ1v) is 7.45. The quantitative estimate of drug-likeness (QED) is 0.783. The van der Waals surface area contributed by atoms with E-state index < -0.39 is 0 Å². The largest absolute Gasteiger partial charge is 0.367 e. The van der Waals surface area contributed by atoms with Gasteiger partial charge in [-0.15, -0.1) is 0 Å². The average Bonchev–Trinajstić information content (AvgIpc) is 3.20. The number of hydrogen-bond donors (Lipinski definition) is 0. The maximum atomic E-state index is 11.7. The molecule has 1 saturated carbocycles. The van der Waals surface area contributed by atoms with Gasteiger partial charge in [0.1, 0.15) is 11.9 Å². The van der Waals surface area contributed by atoms with Crippen molar-refractivity contribution in [1.82, 2.24) is 15.0 Å². The van der Waals surface area contributed by atoms with Gasteiger partial charge in [0.15, 0.2) is 0 Å². The molecule has 20 heavy (non-hydrogen) atoms. The Kier molecular flexibility index (Phi) is 4.12. The molecule has 0 amide bonds. The van der Waals surface area contributed by atoms with Crippen LogP contribution in [0.2, 0.25) is 0 Å². The van der Waals surface area contributed by atoms with Crippen LogP contribution in [-0.2, 0) is 16.0 Å². The summed E-state index contributed by atoms with van der Waals surface area (Å²) in [5.41, 5.74) is 0. The maximum absolute atomic E-state index is 11.7. The molecule has 1 aromatic heterocycles. The van der Waals surface area contributed by atoms with E-state index >= 15 is 0 Å². The molecule has 1 aliphatic carbocycles. The Bertz CT molecular complexity index is 468. The molecule has 1 atom stereocenters. The number of carbonyl (C=O) groups is 1. The molecule has 1 aliphatic heterocycles. The molecule has 0 N–H and O–H groups in total. The summed E-state index contributed by atoms with van der Waals surface area (Å²) in [5, 5.41) is 3.98. The van der Waals surface area contributed by atoms with Crippen LogP contribution in [-0.4, -0.2) is 47.1 Å². The zero-order valence-electron chi connectivity index (χ0n) is 11.9. The lowest BCUT2D eigenvalue weighted by Crippen LogP contribution is -2.39. The minimum atomic E-state index is -0.135. The van der Waals surface area contributed by atoms with E-state index in [2.05, 4.69) is 22.0 Å². The summed E-state index contributed by atoms with van der Waals surface area (Å²) in [5.74, 6) is 1.45. The number of ether oxygens (including phenoxy) is 1. The summed E-state index contributed by atoms with van der Waals surface area (Å²) in [4.78, 5) is 18.4. The predicted octanol–water partition coefficient (Wildman–Crippen LogP) is 1.37. The SMILES string of the molecule is CCCN1CCOC(c2noc(CC(=O)C3CC3)n2)C1. The number of rotatable bonds is 6. The van der Waals surface area contributed by atoms with Crippen molar-refractivity contribution in [2.75, 3.05) is 26.2 Å². The first-order valence-electron chi connectivity index (χ1n) is 7.45. The van der Waals surface area contributed by atoms with Gasteiger partial charge in [0.05, 0.1) is 13.0 Å². The number of Topliss-reactive ketones (excluding diaryl/α,β-unsaturated/α-hetero) is 1. The fourth-order valence-corrected chi connectivity index (χ4v) is 2.55. The number of hydrogen-bond acceptors (Lipinski definition) is 6. The first-order chi connectivity index (χ1) is 9.76. The lowest BCUT2D eigenvalue weighted by Gasteiger charge is -2.30. The van der Waals surface area contributed by atoms with Crippen molar-refractivity contribution in [3.63, 3.8) is 0 Å². The number of carbonyl (C=O) groups excluding carboxylic acids is 1. The summed E-state index contributed by atoms with van der Waals surface area (Å²) in [6.07, 6.45) is 3.28. The molecule has 0 radical (unpaired) electrons. The van der Waals surface area contributed by atoms with Crippen LogP contribution in [0.15, 0.2) is 4.52 Å². The van der Waals surface area contributed by atoms with Gasteiger partial charge in [-0.1, -0.05) is 12.1 Å². The van der Waals surface area contributed by atoms with Gasteiger partial charge in [-0.2, -0.15) is 4.98 Å². The molecule has 2 aliphatic rings. The summed E-state index contributed by atoms with van der Waals surface area (Å²) in [7, 11) is 0. The Morgan fingerprint density at radius 2 is 2.30 bits per heavy atom. The van der Waals surface area contributed by atoms with Crippen molar-refractivity contribution in [3.05, 3.63) is 11.7 Å². The molecule has 2 heterocycles. The molecule has 3 rings (SSSR count). The second kappa shape index (κ2) is 6.01. The van der Waals surface area contributed by atoms with Crippen LogP contribution in [0, 0.1) is 5.92 Å². The van der Waals surface area contributed by atoms with Gasteiger partial charge < -0.3 is 9.26 Å². The standard InChI is InChI=1S/C14H21N3O3/c1-2-5-17-6-7-19-12(9-17)14-15-13(20-16-14)8-11(18)10-3-4-10/h10,12H,2-9H2,1H3. The van der Waals surface area contributed by atoms with Crippen LogP contribution in [0.3, 0.4) is 0 Å². The highest BCUT2D eigenvalue weighted by Crippen LogP contribution is 2.31. The summed E-state index contributed by atoms with van der Waals surface area (Å²) >= 11 is 0. The van der Waals surface area contributed by atoms with E-state index in [0.29, 0.717) is 18.3 Å². The Balaban J connectivity index is 1.59. The van der Waals surface area contributed by atoms with Crippen LogP contribution in [0.5, 0.6) is 0 Å². The molecule has 0 bridgehead atoms. The van der Waals surface area contributed by atoms with E-state index in [9.17, 15) is 4.79 Å². The average molecular weight is 279 g/mol. The third kappa shape index (κ3) is 3.24. The second-order valence-electron chi connectivity index (χ2n) is 5.62. The van der Waals surface area contributed by atoms with E-state index in [4.69, 9.17) is 9.26 Å². The van der Waals surface area contributed by atoms with Crippen LogP contribution < -0.4 is 0 Å². The number of nitrogens with zero attached hydrogens (tertiary/aromatic N) is 3. The Morgan fingerprint density at radius 3 is 3.05 bits per heavy atom. The molecule has 1 aromatic rings. The van der Waals surface area contributed by atoms with Gasteiger partial charge >= 0.3 is 0 Å². The summed E-state index contributed by atoms with van der Waals surface area (Å²) in [6.45, 7) is 5.67. The van der Waals surface area contributed by atoms with Crippen molar-refractivity contribution in [1.29, 1.82) is 0 Å². The van der Waals surface area contributed by atoms with Gasteiger partial charge in [-0.25, -0.2) is 0 Å². The third-order valence-electron chi connectivity index (χ3n) is 3.82. The minimum absolute atomic E-state index is 0.135. The number of morpholine rings is 1. The van der Waals surface area contributed by atoms with Crippen molar-refractivity contribution < 1.29 is 14.1 Å². The molecule has 110 valence electrons. The van der Waals surface area contributed by atoms with Crippen LogP contribution >= 0.6 is 0 Å². The maximum Gasteiger partial charge on any atom is 0.234 e.